The van der Waals surface area contributed by atoms with Crippen molar-refractivity contribution in [3.8, 4) is 11.1 Å². The third-order valence-electron chi connectivity index (χ3n) is 5.01. The Kier molecular flexibility index (Phi) is 5.26. The Morgan fingerprint density at radius 3 is 2.73 bits per heavy atom. The van der Waals surface area contributed by atoms with Gasteiger partial charge in [0.05, 0.1) is 16.8 Å². The summed E-state index contributed by atoms with van der Waals surface area (Å²) in [5.74, 6) is 2.21. The summed E-state index contributed by atoms with van der Waals surface area (Å²) in [5, 5.41) is 0.688. The number of thioether (sulfide) groups is 2. The number of H-pyrrole nitrogens is 1. The second-order valence-electron chi connectivity index (χ2n) is 7.18. The normalized spacial score (nSPS) is 13.3. The van der Waals surface area contributed by atoms with E-state index >= 15 is 0 Å². The summed E-state index contributed by atoms with van der Waals surface area (Å²) >= 11 is 4.94. The molecule has 30 heavy (non-hydrogen) atoms. The molecule has 0 saturated heterocycles. The van der Waals surface area contributed by atoms with E-state index in [1.54, 1.807) is 34.9 Å². The van der Waals surface area contributed by atoms with Gasteiger partial charge in [0.15, 0.2) is 0 Å². The third kappa shape index (κ3) is 3.73. The topological polar surface area (TPSA) is 58.1 Å². The SMILES string of the molecule is Cc1ccc(-c2c(C)sc3nc(CSC4=Nc5ccccc5CS4)[nH]c(=O)c23)cc1. The van der Waals surface area contributed by atoms with Gasteiger partial charge in [-0.1, -0.05) is 71.6 Å². The van der Waals surface area contributed by atoms with Gasteiger partial charge in [-0.15, -0.1) is 11.3 Å². The maximum Gasteiger partial charge on any atom is 0.260 e. The maximum atomic E-state index is 13.0. The summed E-state index contributed by atoms with van der Waals surface area (Å²) in [6.45, 7) is 4.12. The first-order valence-electron chi connectivity index (χ1n) is 9.60. The molecule has 1 aliphatic heterocycles. The third-order valence-corrected chi connectivity index (χ3v) is 8.27. The number of hydrogen-bond acceptors (Lipinski definition) is 6. The molecule has 2 aromatic heterocycles. The van der Waals surface area contributed by atoms with E-state index in [4.69, 9.17) is 9.98 Å². The minimum Gasteiger partial charge on any atom is -0.309 e. The maximum absolute atomic E-state index is 13.0. The molecule has 0 aliphatic carbocycles. The van der Waals surface area contributed by atoms with Crippen molar-refractivity contribution in [2.75, 3.05) is 0 Å². The monoisotopic (exact) mass is 449 g/mol. The number of aromatic amines is 1. The van der Waals surface area contributed by atoms with Crippen LogP contribution < -0.4 is 5.56 Å². The van der Waals surface area contributed by atoms with Crippen LogP contribution in [0.1, 0.15) is 21.8 Å². The van der Waals surface area contributed by atoms with Gasteiger partial charge < -0.3 is 4.98 Å². The molecular weight excluding hydrogens is 430 g/mol. The Labute approximate surface area is 186 Å². The Bertz CT molecular complexity index is 1340. The van der Waals surface area contributed by atoms with E-state index in [0.717, 1.165) is 36.7 Å². The number of hydrogen-bond donors (Lipinski definition) is 1. The van der Waals surface area contributed by atoms with Gasteiger partial charge in [0.1, 0.15) is 15.0 Å². The molecule has 2 aromatic carbocycles. The molecule has 0 bridgehead atoms. The van der Waals surface area contributed by atoms with Crippen LogP contribution in [-0.2, 0) is 11.5 Å². The number of nitrogens with one attached hydrogen (secondary N) is 1. The number of rotatable bonds is 3. The molecule has 0 spiro atoms. The van der Waals surface area contributed by atoms with Gasteiger partial charge >= 0.3 is 0 Å². The largest absolute Gasteiger partial charge is 0.309 e. The summed E-state index contributed by atoms with van der Waals surface area (Å²) < 4.78 is 1.01. The van der Waals surface area contributed by atoms with Crippen LogP contribution in [0.5, 0.6) is 0 Å². The number of nitrogens with zero attached hydrogens (tertiary/aromatic N) is 2. The lowest BCUT2D eigenvalue weighted by atomic mass is 10.0. The van der Waals surface area contributed by atoms with Crippen molar-refractivity contribution in [2.45, 2.75) is 25.4 Å². The average molecular weight is 450 g/mol. The van der Waals surface area contributed by atoms with Gasteiger partial charge in [-0.3, -0.25) is 4.79 Å². The smallest absolute Gasteiger partial charge is 0.260 e. The number of aryl methyl sites for hydroxylation is 2. The molecule has 3 heterocycles. The van der Waals surface area contributed by atoms with Crippen molar-refractivity contribution in [2.24, 2.45) is 4.99 Å². The van der Waals surface area contributed by atoms with E-state index in [9.17, 15) is 4.79 Å². The summed E-state index contributed by atoms with van der Waals surface area (Å²) in [4.78, 5) is 27.4. The molecule has 0 amide bonds. The Morgan fingerprint density at radius 2 is 1.90 bits per heavy atom. The van der Waals surface area contributed by atoms with Crippen LogP contribution in [0, 0.1) is 13.8 Å². The van der Waals surface area contributed by atoms with Gasteiger partial charge in [-0.05, 0) is 31.0 Å². The Balaban J connectivity index is 1.44. The quantitative estimate of drug-likeness (QED) is 0.391. The van der Waals surface area contributed by atoms with Crippen LogP contribution >= 0.6 is 34.9 Å². The summed E-state index contributed by atoms with van der Waals surface area (Å²) in [5.41, 5.74) is 5.48. The lowest BCUT2D eigenvalue weighted by molar-refractivity contribution is 1.05. The van der Waals surface area contributed by atoms with E-state index < -0.39 is 0 Å². The molecule has 0 fully saturated rings. The van der Waals surface area contributed by atoms with Crippen LogP contribution in [-0.4, -0.2) is 14.3 Å². The molecule has 5 rings (SSSR count). The van der Waals surface area contributed by atoms with Gasteiger partial charge in [0.25, 0.3) is 5.56 Å². The lowest BCUT2D eigenvalue weighted by Crippen LogP contribution is -2.11. The fourth-order valence-electron chi connectivity index (χ4n) is 3.52. The number of para-hydroxylation sites is 1. The number of thiophene rings is 1. The Hall–Kier alpha value is -2.35. The van der Waals surface area contributed by atoms with E-state index in [1.807, 2.05) is 18.2 Å². The van der Waals surface area contributed by atoms with Crippen LogP contribution in [0.25, 0.3) is 21.3 Å². The zero-order valence-electron chi connectivity index (χ0n) is 16.6. The minimum atomic E-state index is -0.0703. The van der Waals surface area contributed by atoms with Crippen LogP contribution in [0.4, 0.5) is 5.69 Å². The number of benzene rings is 2. The van der Waals surface area contributed by atoms with Crippen molar-refractivity contribution < 1.29 is 0 Å². The van der Waals surface area contributed by atoms with E-state index in [-0.39, 0.29) is 5.56 Å². The fraction of sp³-hybridized carbons (Fsp3) is 0.174. The molecular formula is C23H19N3OS3. The van der Waals surface area contributed by atoms with Crippen molar-refractivity contribution in [1.82, 2.24) is 9.97 Å². The molecule has 7 heteroatoms. The van der Waals surface area contributed by atoms with E-state index in [2.05, 4.69) is 49.2 Å². The average Bonchev–Trinajstić information content (AvgIpc) is 3.09. The zero-order chi connectivity index (χ0) is 20.7. The molecule has 0 radical (unpaired) electrons. The standard InChI is InChI=1S/C23H19N3OS3/c1-13-7-9-15(10-8-13)19-14(2)30-22-20(19)21(27)25-18(26-22)12-29-23-24-17-6-4-3-5-16(17)11-28-23/h3-10H,11-12H2,1-2H3,(H,25,26,27). The summed E-state index contributed by atoms with van der Waals surface area (Å²) in [7, 11) is 0. The predicted octanol–water partition coefficient (Wildman–Crippen LogP) is 6.44. The van der Waals surface area contributed by atoms with Crippen molar-refractivity contribution in [3.63, 3.8) is 0 Å². The van der Waals surface area contributed by atoms with Crippen molar-refractivity contribution >= 4 is 55.1 Å². The van der Waals surface area contributed by atoms with Gasteiger partial charge in [0.2, 0.25) is 0 Å². The zero-order valence-corrected chi connectivity index (χ0v) is 19.0. The molecule has 1 N–H and O–H groups in total. The highest BCUT2D eigenvalue weighted by Gasteiger charge is 2.18. The van der Waals surface area contributed by atoms with Gasteiger partial charge in [-0.2, -0.15) is 0 Å². The van der Waals surface area contributed by atoms with Crippen molar-refractivity contribution in [3.05, 3.63) is 80.7 Å². The second kappa shape index (κ2) is 8.06. The second-order valence-corrected chi connectivity index (χ2v) is 10.6. The van der Waals surface area contributed by atoms with Crippen LogP contribution in [0.2, 0.25) is 0 Å². The highest BCUT2D eigenvalue weighted by molar-refractivity contribution is 8.38. The van der Waals surface area contributed by atoms with E-state index in [1.165, 1.54) is 11.1 Å². The highest BCUT2D eigenvalue weighted by atomic mass is 32.2. The fourth-order valence-corrected chi connectivity index (χ4v) is 6.51. The van der Waals surface area contributed by atoms with Crippen LogP contribution in [0.3, 0.4) is 0 Å². The molecule has 1 aliphatic rings. The highest BCUT2D eigenvalue weighted by Crippen LogP contribution is 2.37. The van der Waals surface area contributed by atoms with Gasteiger partial charge in [0, 0.05) is 16.2 Å². The first kappa shape index (κ1) is 19.6. The number of fused-ring (bicyclic) bond motifs is 2. The number of aromatic nitrogens is 2. The summed E-state index contributed by atoms with van der Waals surface area (Å²) in [6, 6.07) is 16.5. The molecule has 4 nitrogen and oxygen atoms in total. The molecule has 0 unspecified atom stereocenters. The lowest BCUT2D eigenvalue weighted by Gasteiger charge is -2.13. The molecule has 0 saturated carbocycles. The van der Waals surface area contributed by atoms with Crippen LogP contribution in [0.15, 0.2) is 58.3 Å². The first-order valence-corrected chi connectivity index (χ1v) is 12.4. The molecule has 150 valence electrons. The van der Waals surface area contributed by atoms with Gasteiger partial charge in [-0.25, -0.2) is 9.98 Å². The molecule has 4 aromatic rings. The predicted molar refractivity (Wildman–Crippen MR) is 131 cm³/mol. The first-order chi connectivity index (χ1) is 14.6. The summed E-state index contributed by atoms with van der Waals surface area (Å²) in [6.07, 6.45) is 0. The minimum absolute atomic E-state index is 0.0703. The Morgan fingerprint density at radius 1 is 1.10 bits per heavy atom. The van der Waals surface area contributed by atoms with Crippen molar-refractivity contribution in [1.29, 1.82) is 0 Å². The van der Waals surface area contributed by atoms with E-state index in [0.29, 0.717) is 17.0 Å². The molecule has 0 atom stereocenters. The number of aliphatic imine (C=N–C) groups is 1.